The van der Waals surface area contributed by atoms with Crippen molar-refractivity contribution < 1.29 is 0 Å². The minimum absolute atomic E-state index is 0.810. The van der Waals surface area contributed by atoms with Gasteiger partial charge in [-0.1, -0.05) is 5.57 Å². The largest absolute Gasteiger partial charge is 0.763 e. The van der Waals surface area contributed by atoms with Gasteiger partial charge in [-0.15, -0.1) is 0 Å². The summed E-state index contributed by atoms with van der Waals surface area (Å²) < 4.78 is 0. The van der Waals surface area contributed by atoms with E-state index < -0.39 is 0 Å². The second-order valence-electron chi connectivity index (χ2n) is 1.11. The van der Waals surface area contributed by atoms with E-state index in [0.29, 0.717) is 0 Å². The quantitative estimate of drug-likeness (QED) is 0.380. The molecule has 5 heavy (non-hydrogen) atoms. The summed E-state index contributed by atoms with van der Waals surface area (Å²) in [6.45, 7) is 3.56. The zero-order valence-corrected chi connectivity index (χ0v) is 3.45. The molecule has 28 valence electrons. The molecule has 0 spiro atoms. The summed E-state index contributed by atoms with van der Waals surface area (Å²) in [6, 6.07) is 0. The van der Waals surface area contributed by atoms with Crippen LogP contribution < -0.4 is 0 Å². The second-order valence-corrected chi connectivity index (χ2v) is 1.11. The lowest BCUT2D eigenvalue weighted by atomic mass is 10.4. The van der Waals surface area contributed by atoms with Crippen LogP contribution in [0.25, 0.3) is 5.41 Å². The highest BCUT2D eigenvalue weighted by molar-refractivity contribution is 5.58. The van der Waals surface area contributed by atoms with Crippen molar-refractivity contribution in [3.63, 3.8) is 0 Å². The number of allylic oxidation sites excluding steroid dienone is 1. The Kier molecular flexibility index (Phi) is 1.55. The van der Waals surface area contributed by atoms with Gasteiger partial charge in [0.15, 0.2) is 0 Å². The van der Waals surface area contributed by atoms with Gasteiger partial charge in [0.25, 0.3) is 0 Å². The number of nitrogens with zero attached hydrogens (tertiary/aromatic N) is 1. The van der Waals surface area contributed by atoms with E-state index in [4.69, 9.17) is 5.41 Å². The Morgan fingerprint density at radius 3 is 1.80 bits per heavy atom. The van der Waals surface area contributed by atoms with Crippen molar-refractivity contribution >= 4 is 5.87 Å². The molecule has 0 N–H and O–H groups in total. The van der Waals surface area contributed by atoms with Gasteiger partial charge in [0, 0.05) is 0 Å². The average Bonchev–Trinajstić information content (AvgIpc) is 1.38. The van der Waals surface area contributed by atoms with Crippen molar-refractivity contribution in [3.8, 4) is 0 Å². The molecule has 0 saturated heterocycles. The van der Waals surface area contributed by atoms with E-state index in [-0.39, 0.29) is 0 Å². The molecular weight excluding hydrogens is 62.1 g/mol. The minimum atomic E-state index is 0.810. The van der Waals surface area contributed by atoms with Gasteiger partial charge < -0.3 is 5.41 Å². The predicted octanol–water partition coefficient (Wildman–Crippen LogP) is 1.19. The molecule has 0 aliphatic heterocycles. The molecule has 0 atom stereocenters. The molecule has 0 aromatic carbocycles. The van der Waals surface area contributed by atoms with Crippen molar-refractivity contribution in [1.29, 1.82) is 0 Å². The van der Waals surface area contributed by atoms with Crippen molar-refractivity contribution in [2.24, 2.45) is 0 Å². The third kappa shape index (κ3) is 3.45. The Balaban J connectivity index is 3.60. The normalized spacial score (nSPS) is 6.00. The molecule has 0 amide bonds. The zero-order chi connectivity index (χ0) is 4.28. The second kappa shape index (κ2) is 1.74. The van der Waals surface area contributed by atoms with Crippen molar-refractivity contribution in [2.45, 2.75) is 13.8 Å². The van der Waals surface area contributed by atoms with Crippen LogP contribution >= 0.6 is 0 Å². The highest BCUT2D eigenvalue weighted by Gasteiger charge is 1.53. The third-order valence-electron chi connectivity index (χ3n) is 0.224. The van der Waals surface area contributed by atoms with Crippen LogP contribution in [0.2, 0.25) is 0 Å². The molecule has 0 bridgehead atoms. The number of hydrogen-bond acceptors (Lipinski definition) is 0. The Morgan fingerprint density at radius 2 is 1.80 bits per heavy atom. The van der Waals surface area contributed by atoms with Crippen LogP contribution in [0, 0.1) is 0 Å². The molecule has 0 aliphatic carbocycles. The molecule has 0 unspecified atom stereocenters. The lowest BCUT2D eigenvalue weighted by molar-refractivity contribution is 1.46. The summed E-state index contributed by atoms with van der Waals surface area (Å²) in [6.07, 6.45) is 0. The summed E-state index contributed by atoms with van der Waals surface area (Å²) in [5.41, 5.74) is 0.810. The molecule has 0 aromatic rings. The van der Waals surface area contributed by atoms with Gasteiger partial charge >= 0.3 is 0 Å². The van der Waals surface area contributed by atoms with Gasteiger partial charge in [-0.3, -0.25) is 5.87 Å². The van der Waals surface area contributed by atoms with Crippen LogP contribution in [0.1, 0.15) is 13.8 Å². The van der Waals surface area contributed by atoms with Gasteiger partial charge in [0.2, 0.25) is 0 Å². The smallest absolute Gasteiger partial charge is 0.0384 e. The van der Waals surface area contributed by atoms with Crippen molar-refractivity contribution in [1.82, 2.24) is 0 Å². The zero-order valence-electron chi connectivity index (χ0n) is 3.45. The van der Waals surface area contributed by atoms with Crippen LogP contribution in [-0.4, -0.2) is 5.87 Å². The molecule has 0 aromatic heterocycles. The summed E-state index contributed by atoms with van der Waals surface area (Å²) in [7, 11) is 0. The maximum atomic E-state index is 7.86. The van der Waals surface area contributed by atoms with Crippen molar-refractivity contribution in [3.05, 3.63) is 11.0 Å². The first-order valence-corrected chi connectivity index (χ1v) is 1.47. The van der Waals surface area contributed by atoms with Gasteiger partial charge in [-0.05, 0) is 13.8 Å². The first-order valence-electron chi connectivity index (χ1n) is 1.47. The Hall–Kier alpha value is -0.550. The lowest BCUT2D eigenvalue weighted by Gasteiger charge is -1.75. The molecule has 0 fully saturated rings. The first-order chi connectivity index (χ1) is 2.27. The molecule has 0 radical (unpaired) electrons. The molecule has 1 heteroatoms. The molecular formula is C4H6N-. The summed E-state index contributed by atoms with van der Waals surface area (Å²) in [5.74, 6) is 1.94. The molecule has 0 heterocycles. The van der Waals surface area contributed by atoms with Crippen LogP contribution in [0.4, 0.5) is 0 Å². The standard InChI is InChI=1S/C4H6N/c1-4(2)3-5/h1-2H3/q-1. The van der Waals surface area contributed by atoms with Crippen LogP contribution in [0.3, 0.4) is 0 Å². The van der Waals surface area contributed by atoms with Crippen LogP contribution in [0.5, 0.6) is 0 Å². The van der Waals surface area contributed by atoms with Gasteiger partial charge in [0.05, 0.1) is 0 Å². The fraction of sp³-hybridized carbons (Fsp3) is 0.500. The fourth-order valence-corrected chi connectivity index (χ4v) is 0. The van der Waals surface area contributed by atoms with E-state index in [2.05, 4.69) is 0 Å². The third-order valence-corrected chi connectivity index (χ3v) is 0.224. The topological polar surface area (TPSA) is 22.3 Å². The SMILES string of the molecule is CC(C)=C=[N-]. The number of rotatable bonds is 0. The fourth-order valence-electron chi connectivity index (χ4n) is 0. The summed E-state index contributed by atoms with van der Waals surface area (Å²) in [4.78, 5) is 0. The summed E-state index contributed by atoms with van der Waals surface area (Å²) >= 11 is 0. The predicted molar refractivity (Wildman–Crippen MR) is 23.2 cm³/mol. The average molecular weight is 68.1 g/mol. The van der Waals surface area contributed by atoms with Gasteiger partial charge in [-0.25, -0.2) is 0 Å². The molecule has 0 aliphatic rings. The Labute approximate surface area is 31.8 Å². The molecule has 0 rings (SSSR count). The molecule has 0 saturated carbocycles. The maximum absolute atomic E-state index is 7.86. The minimum Gasteiger partial charge on any atom is -0.763 e. The van der Waals surface area contributed by atoms with Gasteiger partial charge in [-0.2, -0.15) is 0 Å². The monoisotopic (exact) mass is 68.1 g/mol. The first kappa shape index (κ1) is 4.45. The molecule has 1 nitrogen and oxygen atoms in total. The van der Waals surface area contributed by atoms with E-state index in [9.17, 15) is 0 Å². The summed E-state index contributed by atoms with van der Waals surface area (Å²) in [5, 5.41) is 7.86. The highest BCUT2D eigenvalue weighted by atomic mass is 14.3. The van der Waals surface area contributed by atoms with Gasteiger partial charge in [0.1, 0.15) is 0 Å². The van der Waals surface area contributed by atoms with E-state index >= 15 is 0 Å². The lowest BCUT2D eigenvalue weighted by Crippen LogP contribution is -1.54. The Morgan fingerprint density at radius 1 is 1.60 bits per heavy atom. The highest BCUT2D eigenvalue weighted by Crippen LogP contribution is 1.73. The van der Waals surface area contributed by atoms with E-state index in [1.54, 1.807) is 13.8 Å². The van der Waals surface area contributed by atoms with Crippen molar-refractivity contribution in [2.75, 3.05) is 0 Å². The number of hydrogen-bond donors (Lipinski definition) is 0. The Bertz CT molecular complexity index is 63.7. The van der Waals surface area contributed by atoms with Crippen LogP contribution in [0.15, 0.2) is 5.57 Å². The maximum Gasteiger partial charge on any atom is -0.0384 e. The van der Waals surface area contributed by atoms with E-state index in [1.807, 2.05) is 5.87 Å². The van der Waals surface area contributed by atoms with E-state index in [0.717, 1.165) is 5.57 Å². The van der Waals surface area contributed by atoms with Crippen LogP contribution in [-0.2, 0) is 0 Å². The van der Waals surface area contributed by atoms with E-state index in [1.165, 1.54) is 0 Å².